The van der Waals surface area contributed by atoms with E-state index in [1.54, 1.807) is 7.11 Å². The van der Waals surface area contributed by atoms with Crippen molar-refractivity contribution in [1.29, 1.82) is 0 Å². The standard InChI is InChI=1S/C6H14ClNO/c1-9-6-2-4-8-5-3-7/h8H,2-6H2,1H3. The van der Waals surface area contributed by atoms with E-state index in [0.29, 0.717) is 5.88 Å². The van der Waals surface area contributed by atoms with Crippen LogP contribution < -0.4 is 5.32 Å². The minimum Gasteiger partial charge on any atom is -0.385 e. The molecule has 0 aliphatic carbocycles. The van der Waals surface area contributed by atoms with Gasteiger partial charge >= 0.3 is 0 Å². The van der Waals surface area contributed by atoms with Gasteiger partial charge in [0.2, 0.25) is 0 Å². The topological polar surface area (TPSA) is 21.3 Å². The Morgan fingerprint density at radius 2 is 2.22 bits per heavy atom. The van der Waals surface area contributed by atoms with Gasteiger partial charge in [0.05, 0.1) is 0 Å². The lowest BCUT2D eigenvalue weighted by Crippen LogP contribution is -2.18. The average Bonchev–Trinajstić information content (AvgIpc) is 1.89. The lowest BCUT2D eigenvalue weighted by molar-refractivity contribution is 0.194. The Hall–Kier alpha value is 0.210. The fraction of sp³-hybridized carbons (Fsp3) is 1.00. The third kappa shape index (κ3) is 8.21. The van der Waals surface area contributed by atoms with Crippen LogP contribution in [0.4, 0.5) is 0 Å². The third-order valence-corrected chi connectivity index (χ3v) is 1.16. The van der Waals surface area contributed by atoms with Crippen molar-refractivity contribution in [3.63, 3.8) is 0 Å². The summed E-state index contributed by atoms with van der Waals surface area (Å²) in [5.74, 6) is 0.687. The van der Waals surface area contributed by atoms with Crippen LogP contribution in [0.15, 0.2) is 0 Å². The zero-order valence-electron chi connectivity index (χ0n) is 5.82. The van der Waals surface area contributed by atoms with Crippen molar-refractivity contribution in [1.82, 2.24) is 5.32 Å². The summed E-state index contributed by atoms with van der Waals surface area (Å²) in [5.41, 5.74) is 0. The first-order valence-electron chi connectivity index (χ1n) is 3.17. The van der Waals surface area contributed by atoms with Crippen molar-refractivity contribution in [2.24, 2.45) is 0 Å². The lowest BCUT2D eigenvalue weighted by atomic mass is 10.4. The highest BCUT2D eigenvalue weighted by Crippen LogP contribution is 1.76. The van der Waals surface area contributed by atoms with Crippen LogP contribution in [0.3, 0.4) is 0 Å². The van der Waals surface area contributed by atoms with E-state index in [2.05, 4.69) is 5.32 Å². The van der Waals surface area contributed by atoms with E-state index in [0.717, 1.165) is 26.1 Å². The summed E-state index contributed by atoms with van der Waals surface area (Å²) >= 11 is 5.42. The predicted octanol–water partition coefficient (Wildman–Crippen LogP) is 0.851. The second-order valence-corrected chi connectivity index (χ2v) is 2.16. The summed E-state index contributed by atoms with van der Waals surface area (Å²) in [4.78, 5) is 0. The van der Waals surface area contributed by atoms with Gasteiger partial charge in [0.1, 0.15) is 0 Å². The Kier molecular flexibility index (Phi) is 8.40. The van der Waals surface area contributed by atoms with Gasteiger partial charge in [-0.05, 0) is 13.0 Å². The monoisotopic (exact) mass is 151 g/mol. The summed E-state index contributed by atoms with van der Waals surface area (Å²) in [7, 11) is 1.71. The molecule has 0 amide bonds. The van der Waals surface area contributed by atoms with Crippen molar-refractivity contribution < 1.29 is 4.74 Å². The van der Waals surface area contributed by atoms with Gasteiger partial charge in [0.25, 0.3) is 0 Å². The quantitative estimate of drug-likeness (QED) is 0.449. The molecule has 0 spiro atoms. The van der Waals surface area contributed by atoms with Crippen molar-refractivity contribution in [2.45, 2.75) is 6.42 Å². The minimum absolute atomic E-state index is 0.687. The first-order chi connectivity index (χ1) is 4.41. The largest absolute Gasteiger partial charge is 0.385 e. The Labute approximate surface area is 61.5 Å². The highest BCUT2D eigenvalue weighted by Gasteiger charge is 1.84. The highest BCUT2D eigenvalue weighted by molar-refractivity contribution is 6.18. The molecule has 0 rings (SSSR count). The molecule has 3 heteroatoms. The first-order valence-corrected chi connectivity index (χ1v) is 3.71. The fourth-order valence-electron chi connectivity index (χ4n) is 0.533. The second-order valence-electron chi connectivity index (χ2n) is 1.79. The molecule has 0 unspecified atom stereocenters. The molecular weight excluding hydrogens is 138 g/mol. The minimum atomic E-state index is 0.687. The molecule has 0 aromatic rings. The number of halogens is 1. The van der Waals surface area contributed by atoms with Crippen molar-refractivity contribution in [3.8, 4) is 0 Å². The molecule has 0 saturated heterocycles. The van der Waals surface area contributed by atoms with Crippen LogP contribution in [-0.4, -0.2) is 32.7 Å². The van der Waals surface area contributed by atoms with E-state index in [1.165, 1.54) is 0 Å². The number of nitrogens with one attached hydrogen (secondary N) is 1. The molecule has 0 atom stereocenters. The van der Waals surface area contributed by atoms with Gasteiger partial charge in [0.15, 0.2) is 0 Å². The van der Waals surface area contributed by atoms with Gasteiger partial charge in [-0.3, -0.25) is 0 Å². The van der Waals surface area contributed by atoms with Crippen LogP contribution in [-0.2, 0) is 4.74 Å². The molecule has 56 valence electrons. The molecule has 0 saturated carbocycles. The van der Waals surface area contributed by atoms with Crippen molar-refractivity contribution in [3.05, 3.63) is 0 Å². The molecule has 0 fully saturated rings. The molecule has 0 heterocycles. The van der Waals surface area contributed by atoms with Crippen molar-refractivity contribution in [2.75, 3.05) is 32.7 Å². The van der Waals surface area contributed by atoms with Crippen LogP contribution in [0.25, 0.3) is 0 Å². The van der Waals surface area contributed by atoms with E-state index in [1.807, 2.05) is 0 Å². The number of hydrogen-bond acceptors (Lipinski definition) is 2. The van der Waals surface area contributed by atoms with Gasteiger partial charge in [0, 0.05) is 26.1 Å². The molecule has 0 aliphatic rings. The summed E-state index contributed by atoms with van der Waals surface area (Å²) in [6.07, 6.45) is 1.06. The van der Waals surface area contributed by atoms with E-state index in [-0.39, 0.29) is 0 Å². The van der Waals surface area contributed by atoms with Crippen LogP contribution in [0, 0.1) is 0 Å². The average molecular weight is 152 g/mol. The van der Waals surface area contributed by atoms with Gasteiger partial charge in [-0.1, -0.05) is 0 Å². The van der Waals surface area contributed by atoms with Gasteiger partial charge in [-0.2, -0.15) is 0 Å². The summed E-state index contributed by atoms with van der Waals surface area (Å²) in [5, 5.41) is 3.16. The molecule has 0 radical (unpaired) electrons. The number of hydrogen-bond donors (Lipinski definition) is 1. The summed E-state index contributed by atoms with van der Waals surface area (Å²) < 4.78 is 4.85. The zero-order chi connectivity index (χ0) is 6.95. The van der Waals surface area contributed by atoms with E-state index in [4.69, 9.17) is 16.3 Å². The molecule has 1 N–H and O–H groups in total. The first kappa shape index (κ1) is 9.21. The van der Waals surface area contributed by atoms with E-state index in [9.17, 15) is 0 Å². The lowest BCUT2D eigenvalue weighted by Gasteiger charge is -1.99. The van der Waals surface area contributed by atoms with Gasteiger partial charge < -0.3 is 10.1 Å². The van der Waals surface area contributed by atoms with Gasteiger partial charge in [-0.25, -0.2) is 0 Å². The van der Waals surface area contributed by atoms with E-state index < -0.39 is 0 Å². The fourth-order valence-corrected chi connectivity index (χ4v) is 0.667. The summed E-state index contributed by atoms with van der Waals surface area (Å²) in [6.45, 7) is 2.72. The molecule has 2 nitrogen and oxygen atoms in total. The molecule has 0 bridgehead atoms. The summed E-state index contributed by atoms with van der Waals surface area (Å²) in [6, 6.07) is 0. The molecule has 9 heavy (non-hydrogen) atoms. The number of rotatable bonds is 6. The molecule has 0 aromatic carbocycles. The molecule has 0 aromatic heterocycles. The smallest absolute Gasteiger partial charge is 0.0474 e. The van der Waals surface area contributed by atoms with Crippen LogP contribution in [0.2, 0.25) is 0 Å². The predicted molar refractivity (Wildman–Crippen MR) is 40.1 cm³/mol. The Morgan fingerprint density at radius 3 is 2.78 bits per heavy atom. The zero-order valence-corrected chi connectivity index (χ0v) is 6.58. The van der Waals surface area contributed by atoms with Crippen LogP contribution >= 0.6 is 11.6 Å². The maximum atomic E-state index is 5.42. The van der Waals surface area contributed by atoms with Crippen molar-refractivity contribution >= 4 is 11.6 Å². The maximum absolute atomic E-state index is 5.42. The Bertz CT molecular complexity index is 46.3. The SMILES string of the molecule is COCCCNCCCl. The molecular formula is C6H14ClNO. The van der Waals surface area contributed by atoms with Gasteiger partial charge in [-0.15, -0.1) is 11.6 Å². The maximum Gasteiger partial charge on any atom is 0.0474 e. The normalized spacial score (nSPS) is 10.0. The number of methoxy groups -OCH3 is 1. The number of ether oxygens (including phenoxy) is 1. The highest BCUT2D eigenvalue weighted by atomic mass is 35.5. The molecule has 0 aliphatic heterocycles. The Morgan fingerprint density at radius 1 is 1.44 bits per heavy atom. The number of alkyl halides is 1. The third-order valence-electron chi connectivity index (χ3n) is 0.973. The van der Waals surface area contributed by atoms with E-state index >= 15 is 0 Å². The Balaban J connectivity index is 2.60. The van der Waals surface area contributed by atoms with Crippen LogP contribution in [0.1, 0.15) is 6.42 Å². The second kappa shape index (κ2) is 8.21. The van der Waals surface area contributed by atoms with Crippen LogP contribution in [0.5, 0.6) is 0 Å².